The predicted molar refractivity (Wildman–Crippen MR) is 124 cm³/mol. The molecule has 1 atom stereocenters. The molecule has 168 valence electrons. The van der Waals surface area contributed by atoms with Gasteiger partial charge in [0, 0.05) is 19.5 Å². The number of piperidine rings is 1. The van der Waals surface area contributed by atoms with Crippen molar-refractivity contribution < 1.29 is 18.8 Å². The highest BCUT2D eigenvalue weighted by Crippen LogP contribution is 2.36. The van der Waals surface area contributed by atoms with Crippen molar-refractivity contribution in [3.8, 4) is 5.75 Å². The molecule has 0 bridgehead atoms. The maximum Gasteiger partial charge on any atom is 0.235 e. The third-order valence-electron chi connectivity index (χ3n) is 5.89. The van der Waals surface area contributed by atoms with Gasteiger partial charge in [0.15, 0.2) is 5.58 Å². The minimum Gasteiger partial charge on any atom is -0.492 e. The molecule has 2 aromatic carbocycles. The lowest BCUT2D eigenvalue weighted by Gasteiger charge is -2.21. The minimum atomic E-state index is -0.490. The number of carbonyl (C=O) groups is 2. The Labute approximate surface area is 187 Å². The van der Waals surface area contributed by atoms with Crippen LogP contribution in [0, 0.1) is 0 Å². The first kappa shape index (κ1) is 22.0. The van der Waals surface area contributed by atoms with Crippen LogP contribution in [-0.2, 0) is 9.59 Å². The van der Waals surface area contributed by atoms with Gasteiger partial charge in [-0.05, 0) is 60.8 Å². The van der Waals surface area contributed by atoms with Gasteiger partial charge in [-0.3, -0.25) is 19.8 Å². The molecule has 1 aliphatic heterocycles. The minimum absolute atomic E-state index is 0.243. The number of benzene rings is 2. The molecule has 3 aromatic rings. The maximum absolute atomic E-state index is 12.4. The molecule has 4 rings (SSSR count). The summed E-state index contributed by atoms with van der Waals surface area (Å²) in [5.74, 6) is -0.249. The third-order valence-corrected chi connectivity index (χ3v) is 5.89. The SMILES string of the molecule is C=CCCN(CCC)CCOc1ccc2c(ccc3onc([C@@H]4CCC(=O)NC4=O)c32)c1. The molecule has 1 aromatic heterocycles. The van der Waals surface area contributed by atoms with Crippen molar-refractivity contribution in [1.29, 1.82) is 0 Å². The van der Waals surface area contributed by atoms with Crippen LogP contribution in [0.2, 0.25) is 0 Å². The van der Waals surface area contributed by atoms with E-state index >= 15 is 0 Å². The summed E-state index contributed by atoms with van der Waals surface area (Å²) < 4.78 is 11.5. The van der Waals surface area contributed by atoms with Crippen molar-refractivity contribution in [3.63, 3.8) is 0 Å². The van der Waals surface area contributed by atoms with Crippen LogP contribution < -0.4 is 10.1 Å². The fourth-order valence-electron chi connectivity index (χ4n) is 4.27. The number of hydrogen-bond donors (Lipinski definition) is 1. The Balaban J connectivity index is 1.53. The van der Waals surface area contributed by atoms with Gasteiger partial charge < -0.3 is 9.26 Å². The summed E-state index contributed by atoms with van der Waals surface area (Å²) in [5.41, 5.74) is 1.21. The van der Waals surface area contributed by atoms with Gasteiger partial charge in [0.1, 0.15) is 18.1 Å². The number of hydrogen-bond acceptors (Lipinski definition) is 6. The Morgan fingerprint density at radius 3 is 2.91 bits per heavy atom. The molecule has 2 amide bonds. The fraction of sp³-hybridized carbons (Fsp3) is 0.400. The summed E-state index contributed by atoms with van der Waals surface area (Å²) in [6.45, 7) is 9.50. The first-order chi connectivity index (χ1) is 15.6. The second-order valence-corrected chi connectivity index (χ2v) is 8.16. The largest absolute Gasteiger partial charge is 0.492 e. The molecule has 1 N–H and O–H groups in total. The predicted octanol–water partition coefficient (Wildman–Crippen LogP) is 4.17. The van der Waals surface area contributed by atoms with Crippen LogP contribution in [0.5, 0.6) is 5.75 Å². The van der Waals surface area contributed by atoms with Crippen LogP contribution in [0.1, 0.15) is 44.2 Å². The van der Waals surface area contributed by atoms with Crippen LogP contribution in [0.3, 0.4) is 0 Å². The van der Waals surface area contributed by atoms with Gasteiger partial charge in [-0.25, -0.2) is 0 Å². The van der Waals surface area contributed by atoms with Gasteiger partial charge in [0.05, 0.1) is 11.3 Å². The second-order valence-electron chi connectivity index (χ2n) is 8.16. The maximum atomic E-state index is 12.4. The zero-order chi connectivity index (χ0) is 22.5. The quantitative estimate of drug-likeness (QED) is 0.380. The van der Waals surface area contributed by atoms with Gasteiger partial charge in [-0.15, -0.1) is 6.58 Å². The molecule has 1 fully saturated rings. The van der Waals surface area contributed by atoms with E-state index in [1.54, 1.807) is 0 Å². The van der Waals surface area contributed by atoms with E-state index in [1.807, 2.05) is 36.4 Å². The summed E-state index contributed by atoms with van der Waals surface area (Å²) in [6, 6.07) is 9.77. The zero-order valence-electron chi connectivity index (χ0n) is 18.4. The van der Waals surface area contributed by atoms with E-state index < -0.39 is 5.92 Å². The van der Waals surface area contributed by atoms with Gasteiger partial charge in [-0.2, -0.15) is 0 Å². The van der Waals surface area contributed by atoms with Crippen LogP contribution in [0.25, 0.3) is 21.7 Å². The average Bonchev–Trinajstić information content (AvgIpc) is 3.21. The number of fused-ring (bicyclic) bond motifs is 3. The molecule has 32 heavy (non-hydrogen) atoms. The van der Waals surface area contributed by atoms with Gasteiger partial charge >= 0.3 is 0 Å². The lowest BCUT2D eigenvalue weighted by molar-refractivity contribution is -0.134. The highest BCUT2D eigenvalue weighted by molar-refractivity contribution is 6.10. The van der Waals surface area contributed by atoms with E-state index in [2.05, 4.69) is 28.9 Å². The normalized spacial score (nSPS) is 16.6. The van der Waals surface area contributed by atoms with E-state index in [-0.39, 0.29) is 11.8 Å². The molecule has 7 nitrogen and oxygen atoms in total. The molecular weight excluding hydrogens is 406 g/mol. The van der Waals surface area contributed by atoms with E-state index in [4.69, 9.17) is 9.26 Å². The first-order valence-corrected chi connectivity index (χ1v) is 11.2. The molecule has 0 saturated carbocycles. The number of carbonyl (C=O) groups excluding carboxylic acids is 2. The number of aromatic nitrogens is 1. The van der Waals surface area contributed by atoms with Crippen LogP contribution in [0.15, 0.2) is 47.5 Å². The molecule has 0 spiro atoms. The van der Waals surface area contributed by atoms with Gasteiger partial charge in [-0.1, -0.05) is 24.2 Å². The highest BCUT2D eigenvalue weighted by Gasteiger charge is 2.32. The van der Waals surface area contributed by atoms with Crippen molar-refractivity contribution in [2.45, 2.75) is 38.5 Å². The summed E-state index contributed by atoms with van der Waals surface area (Å²) in [5, 5.41) is 9.36. The molecule has 2 heterocycles. The van der Waals surface area contributed by atoms with Crippen molar-refractivity contribution in [1.82, 2.24) is 15.4 Å². The smallest absolute Gasteiger partial charge is 0.235 e. The molecule has 1 saturated heterocycles. The lowest BCUT2D eigenvalue weighted by Crippen LogP contribution is -2.39. The highest BCUT2D eigenvalue weighted by atomic mass is 16.5. The summed E-state index contributed by atoms with van der Waals surface area (Å²) in [6.07, 6.45) is 4.76. The zero-order valence-corrected chi connectivity index (χ0v) is 18.4. The molecule has 1 aliphatic rings. The number of ether oxygens (including phenoxy) is 1. The van der Waals surface area contributed by atoms with Gasteiger partial charge in [0.25, 0.3) is 0 Å². The second kappa shape index (κ2) is 9.96. The first-order valence-electron chi connectivity index (χ1n) is 11.2. The number of nitrogens with one attached hydrogen (secondary N) is 1. The van der Waals surface area contributed by atoms with Crippen molar-refractivity contribution in [3.05, 3.63) is 48.7 Å². The van der Waals surface area contributed by atoms with Crippen molar-refractivity contribution in [2.75, 3.05) is 26.2 Å². The monoisotopic (exact) mass is 435 g/mol. The average molecular weight is 436 g/mol. The molecular formula is C25H29N3O4. The van der Waals surface area contributed by atoms with Crippen molar-refractivity contribution >= 4 is 33.6 Å². The van der Waals surface area contributed by atoms with Gasteiger partial charge in [0.2, 0.25) is 11.8 Å². The Hall–Kier alpha value is -3.19. The number of rotatable bonds is 10. The molecule has 0 aliphatic carbocycles. The Morgan fingerprint density at radius 2 is 2.12 bits per heavy atom. The van der Waals surface area contributed by atoms with E-state index in [0.29, 0.717) is 30.7 Å². The van der Waals surface area contributed by atoms with E-state index in [9.17, 15) is 9.59 Å². The molecule has 7 heteroatoms. The Bertz CT molecular complexity index is 1140. The number of amides is 2. The van der Waals surface area contributed by atoms with E-state index in [1.165, 1.54) is 0 Å². The Morgan fingerprint density at radius 1 is 1.25 bits per heavy atom. The fourth-order valence-corrected chi connectivity index (χ4v) is 4.27. The number of nitrogens with zero attached hydrogens (tertiary/aromatic N) is 2. The molecule has 0 radical (unpaired) electrons. The summed E-state index contributed by atoms with van der Waals surface area (Å²) in [7, 11) is 0. The van der Waals surface area contributed by atoms with Crippen LogP contribution in [-0.4, -0.2) is 48.1 Å². The standard InChI is InChI=1S/C25H29N3O4/c1-3-5-13-28(12-4-2)14-15-31-18-7-8-19-17(16-18)6-10-21-23(19)24(27-32-21)20-9-11-22(29)26-25(20)30/h3,6-8,10,16,20H,1,4-5,9,11-15H2,2H3,(H,26,29,30)/t20-/m0/s1. The van der Waals surface area contributed by atoms with Crippen LogP contribution >= 0.6 is 0 Å². The third kappa shape index (κ3) is 4.67. The number of imide groups is 1. The van der Waals surface area contributed by atoms with Crippen LogP contribution in [0.4, 0.5) is 0 Å². The topological polar surface area (TPSA) is 84.7 Å². The summed E-state index contributed by atoms with van der Waals surface area (Å²) in [4.78, 5) is 26.3. The Kier molecular flexibility index (Phi) is 6.85. The van der Waals surface area contributed by atoms with E-state index in [0.717, 1.165) is 54.4 Å². The lowest BCUT2D eigenvalue weighted by atomic mass is 9.91. The van der Waals surface area contributed by atoms with Crippen molar-refractivity contribution in [2.24, 2.45) is 0 Å². The molecule has 0 unspecified atom stereocenters. The summed E-state index contributed by atoms with van der Waals surface area (Å²) >= 11 is 0.